The zero-order valence-corrected chi connectivity index (χ0v) is 14.0. The summed E-state index contributed by atoms with van der Waals surface area (Å²) in [5.41, 5.74) is 1.94. The van der Waals surface area contributed by atoms with Gasteiger partial charge in [-0.05, 0) is 25.1 Å². The summed E-state index contributed by atoms with van der Waals surface area (Å²) in [5, 5.41) is 0.301. The van der Waals surface area contributed by atoms with Crippen LogP contribution in [0.4, 0.5) is 5.69 Å². The molecule has 2 nitrogen and oxygen atoms in total. The van der Waals surface area contributed by atoms with E-state index in [1.165, 1.54) is 29.8 Å². The fraction of sp³-hybridized carbons (Fsp3) is 0.133. The van der Waals surface area contributed by atoms with Crippen molar-refractivity contribution in [3.8, 4) is 0 Å². The van der Waals surface area contributed by atoms with Crippen LogP contribution in [0.2, 0.25) is 5.02 Å². The summed E-state index contributed by atoms with van der Waals surface area (Å²) >= 11 is 22.7. The molecule has 0 spiro atoms. The number of alkyl halides is 3. The molecule has 0 aliphatic carbocycles. The number of carbonyl (C=O) groups excluding carboxylic acids is 1. The Morgan fingerprint density at radius 1 is 1.05 bits per heavy atom. The second kappa shape index (κ2) is 8.43. The van der Waals surface area contributed by atoms with Crippen LogP contribution in [0.15, 0.2) is 53.5 Å². The van der Waals surface area contributed by atoms with Crippen molar-refractivity contribution in [1.29, 1.82) is 0 Å². The lowest BCUT2D eigenvalue weighted by atomic mass is 10.2. The van der Waals surface area contributed by atoms with E-state index in [9.17, 15) is 4.79 Å². The van der Waals surface area contributed by atoms with E-state index in [4.69, 9.17) is 46.4 Å². The van der Waals surface area contributed by atoms with E-state index < -0.39 is 3.79 Å². The highest BCUT2D eigenvalue weighted by Gasteiger charge is 2.25. The van der Waals surface area contributed by atoms with Gasteiger partial charge in [-0.2, -0.15) is 4.99 Å². The van der Waals surface area contributed by atoms with Crippen molar-refractivity contribution in [2.75, 3.05) is 0 Å². The van der Waals surface area contributed by atoms with E-state index >= 15 is 0 Å². The quantitative estimate of drug-likeness (QED) is 0.341. The van der Waals surface area contributed by atoms with Crippen LogP contribution < -0.4 is 0 Å². The topological polar surface area (TPSA) is 29.4 Å². The molecule has 0 amide bonds. The normalized spacial score (nSPS) is 10.1. The van der Waals surface area contributed by atoms with Crippen LogP contribution in [0.1, 0.15) is 11.1 Å². The van der Waals surface area contributed by atoms with E-state index in [0.717, 1.165) is 0 Å². The maximum absolute atomic E-state index is 10.00. The molecule has 0 aliphatic rings. The smallest absolute Gasteiger partial charge is 0.211 e. The monoisotopic (exact) mass is 361 g/mol. The highest BCUT2D eigenvalue weighted by Crippen LogP contribution is 2.42. The molecule has 0 saturated carbocycles. The van der Waals surface area contributed by atoms with E-state index in [1.807, 2.05) is 18.2 Å². The molecular formula is C15H11Cl4NO. The standard InChI is InChI=1S/C8H3Cl4NO.C7H8/c9-7-2-1-5(13-4-14)3-6(7)8(10,11)12;1-7-5-3-2-4-6-7/h1-3H;2-6H,1H3. The summed E-state index contributed by atoms with van der Waals surface area (Å²) in [6.45, 7) is 2.08. The van der Waals surface area contributed by atoms with Crippen LogP contribution in [-0.4, -0.2) is 6.08 Å². The molecule has 0 radical (unpaired) electrons. The molecular weight excluding hydrogens is 352 g/mol. The first-order valence-electron chi connectivity index (χ1n) is 5.81. The zero-order valence-electron chi connectivity index (χ0n) is 11.0. The Bertz CT molecular complexity index is 632. The van der Waals surface area contributed by atoms with Crippen LogP contribution in [-0.2, 0) is 8.59 Å². The molecule has 6 heteroatoms. The minimum Gasteiger partial charge on any atom is -0.211 e. The van der Waals surface area contributed by atoms with E-state index in [-0.39, 0.29) is 5.56 Å². The van der Waals surface area contributed by atoms with Crippen molar-refractivity contribution in [3.05, 3.63) is 64.7 Å². The molecule has 0 fully saturated rings. The molecule has 2 aromatic carbocycles. The molecule has 0 bridgehead atoms. The van der Waals surface area contributed by atoms with Crippen molar-refractivity contribution in [3.63, 3.8) is 0 Å². The largest absolute Gasteiger partial charge is 0.240 e. The molecule has 0 saturated heterocycles. The second-order valence-electron chi connectivity index (χ2n) is 4.02. The van der Waals surface area contributed by atoms with Crippen molar-refractivity contribution < 1.29 is 4.79 Å². The molecule has 110 valence electrons. The van der Waals surface area contributed by atoms with E-state index in [2.05, 4.69) is 24.0 Å². The van der Waals surface area contributed by atoms with Crippen LogP contribution in [0.3, 0.4) is 0 Å². The molecule has 0 heterocycles. The van der Waals surface area contributed by atoms with Crippen LogP contribution >= 0.6 is 46.4 Å². The Labute approximate surface area is 143 Å². The number of aliphatic imine (C=N–C) groups is 1. The molecule has 2 aromatic rings. The average Bonchev–Trinajstić information content (AvgIpc) is 2.41. The first-order chi connectivity index (χ1) is 9.84. The Morgan fingerprint density at radius 3 is 2.10 bits per heavy atom. The minimum atomic E-state index is -1.63. The Balaban J connectivity index is 0.000000262. The molecule has 0 aliphatic heterocycles. The van der Waals surface area contributed by atoms with Crippen molar-refractivity contribution in [1.82, 2.24) is 0 Å². The zero-order chi connectivity index (χ0) is 15.9. The van der Waals surface area contributed by atoms with Crippen LogP contribution in [0, 0.1) is 6.92 Å². The number of hydrogen-bond donors (Lipinski definition) is 0. The lowest BCUT2D eigenvalue weighted by molar-refractivity contribution is 0.565. The SMILES string of the molecule is Cc1ccccc1.O=C=Nc1ccc(Cl)c(C(Cl)(Cl)Cl)c1. The summed E-state index contributed by atoms with van der Waals surface area (Å²) in [7, 11) is 0. The third-order valence-corrected chi connectivity index (χ3v) is 3.31. The fourth-order valence-corrected chi connectivity index (χ4v) is 2.26. The number of rotatable bonds is 1. The van der Waals surface area contributed by atoms with E-state index in [0.29, 0.717) is 10.7 Å². The summed E-state index contributed by atoms with van der Waals surface area (Å²) in [5.74, 6) is 0. The maximum atomic E-state index is 10.00. The molecule has 21 heavy (non-hydrogen) atoms. The van der Waals surface area contributed by atoms with Gasteiger partial charge in [-0.15, -0.1) is 0 Å². The van der Waals surface area contributed by atoms with Gasteiger partial charge in [0.2, 0.25) is 9.87 Å². The average molecular weight is 363 g/mol. The van der Waals surface area contributed by atoms with Gasteiger partial charge in [-0.3, -0.25) is 0 Å². The molecule has 0 atom stereocenters. The maximum Gasteiger partial charge on any atom is 0.240 e. The summed E-state index contributed by atoms with van der Waals surface area (Å²) in [6, 6.07) is 14.7. The number of hydrogen-bond acceptors (Lipinski definition) is 2. The summed E-state index contributed by atoms with van der Waals surface area (Å²) in [6.07, 6.45) is 1.38. The highest BCUT2D eigenvalue weighted by atomic mass is 35.6. The number of halogens is 4. The third-order valence-electron chi connectivity index (χ3n) is 2.37. The fourth-order valence-electron chi connectivity index (χ4n) is 1.39. The van der Waals surface area contributed by atoms with Crippen LogP contribution in [0.5, 0.6) is 0 Å². The first-order valence-corrected chi connectivity index (χ1v) is 7.32. The van der Waals surface area contributed by atoms with Crippen molar-refractivity contribution in [2.45, 2.75) is 10.7 Å². The molecule has 0 unspecified atom stereocenters. The Kier molecular flexibility index (Phi) is 7.24. The molecule has 0 aromatic heterocycles. The van der Waals surface area contributed by atoms with Gasteiger partial charge in [0.1, 0.15) is 0 Å². The van der Waals surface area contributed by atoms with Gasteiger partial charge >= 0.3 is 0 Å². The van der Waals surface area contributed by atoms with E-state index in [1.54, 1.807) is 0 Å². The molecule has 2 rings (SSSR count). The number of isocyanates is 1. The first kappa shape index (κ1) is 18.0. The van der Waals surface area contributed by atoms with Gasteiger partial charge in [-0.1, -0.05) is 82.3 Å². The van der Waals surface area contributed by atoms with Gasteiger partial charge < -0.3 is 0 Å². The Hall–Kier alpha value is -1.02. The lowest BCUT2D eigenvalue weighted by Crippen LogP contribution is -2.00. The highest BCUT2D eigenvalue weighted by molar-refractivity contribution is 6.67. The van der Waals surface area contributed by atoms with Gasteiger partial charge in [0.05, 0.1) is 5.69 Å². The van der Waals surface area contributed by atoms with Crippen LogP contribution in [0.25, 0.3) is 0 Å². The number of aryl methyl sites for hydroxylation is 1. The molecule has 0 N–H and O–H groups in total. The summed E-state index contributed by atoms with van der Waals surface area (Å²) in [4.78, 5) is 13.4. The lowest BCUT2D eigenvalue weighted by Gasteiger charge is -2.12. The number of benzene rings is 2. The summed E-state index contributed by atoms with van der Waals surface area (Å²) < 4.78 is -1.63. The third kappa shape index (κ3) is 6.52. The minimum absolute atomic E-state index is 0.278. The van der Waals surface area contributed by atoms with Gasteiger partial charge in [0, 0.05) is 10.6 Å². The number of nitrogens with zero attached hydrogens (tertiary/aromatic N) is 1. The van der Waals surface area contributed by atoms with Gasteiger partial charge in [0.25, 0.3) is 0 Å². The van der Waals surface area contributed by atoms with Gasteiger partial charge in [0.15, 0.2) is 0 Å². The predicted molar refractivity (Wildman–Crippen MR) is 89.6 cm³/mol. The van der Waals surface area contributed by atoms with Crippen molar-refractivity contribution in [2.24, 2.45) is 4.99 Å². The second-order valence-corrected chi connectivity index (χ2v) is 6.71. The predicted octanol–water partition coefficient (Wildman–Crippen LogP) is 6.13. The van der Waals surface area contributed by atoms with Crippen molar-refractivity contribution >= 4 is 58.2 Å². The van der Waals surface area contributed by atoms with Gasteiger partial charge in [-0.25, -0.2) is 4.79 Å². The Morgan fingerprint density at radius 2 is 1.67 bits per heavy atom.